The number of ether oxygens (including phenoxy) is 1. The number of carbonyl (C=O) groups is 4. The van der Waals surface area contributed by atoms with E-state index in [4.69, 9.17) is 9.72 Å². The van der Waals surface area contributed by atoms with Gasteiger partial charge in [0, 0.05) is 28.6 Å². The number of hydrogen-bond donors (Lipinski definition) is 0. The molecule has 0 bridgehead atoms. The van der Waals surface area contributed by atoms with Crippen LogP contribution in [0.1, 0.15) is 39.1 Å². The molecule has 214 valence electrons. The van der Waals surface area contributed by atoms with Crippen LogP contribution >= 0.6 is 0 Å². The number of aromatic nitrogens is 1. The molecule has 1 saturated heterocycles. The Kier molecular flexibility index (Phi) is 7.11. The van der Waals surface area contributed by atoms with Crippen LogP contribution in [0.15, 0.2) is 84.9 Å². The number of pyridine rings is 1. The second-order valence-corrected chi connectivity index (χ2v) is 10.6. The molecule has 1 fully saturated rings. The lowest BCUT2D eigenvalue weighted by atomic mass is 9.85. The first-order valence-electron chi connectivity index (χ1n) is 13.7. The quantitative estimate of drug-likeness (QED) is 0.0692. The minimum absolute atomic E-state index is 0.151. The summed E-state index contributed by atoms with van der Waals surface area (Å²) in [5.74, 6) is -2.28. The van der Waals surface area contributed by atoms with E-state index >= 15 is 0 Å². The minimum Gasteiger partial charge on any atom is -0.454 e. The third-order valence-corrected chi connectivity index (χ3v) is 7.85. The van der Waals surface area contributed by atoms with Gasteiger partial charge in [0.2, 0.25) is 11.8 Å². The molecule has 0 spiro atoms. The van der Waals surface area contributed by atoms with Crippen molar-refractivity contribution in [3.8, 4) is 11.3 Å². The Balaban J connectivity index is 1.26. The first-order chi connectivity index (χ1) is 20.7. The molecular weight excluding hydrogens is 550 g/mol. The number of carbonyl (C=O) groups excluding carboxylic acids is 4. The number of aryl methyl sites for hydroxylation is 1. The molecule has 0 N–H and O–H groups in total. The van der Waals surface area contributed by atoms with E-state index in [1.54, 1.807) is 36.4 Å². The summed E-state index contributed by atoms with van der Waals surface area (Å²) < 4.78 is 5.38. The number of fused-ring (bicyclic) bond motifs is 2. The molecule has 1 aliphatic carbocycles. The summed E-state index contributed by atoms with van der Waals surface area (Å²) in [6.07, 6.45) is 5.01. The molecule has 10 nitrogen and oxygen atoms in total. The van der Waals surface area contributed by atoms with Crippen molar-refractivity contribution in [3.05, 3.63) is 112 Å². The molecule has 0 radical (unpaired) electrons. The summed E-state index contributed by atoms with van der Waals surface area (Å²) in [6.45, 7) is 1.33. The van der Waals surface area contributed by atoms with Gasteiger partial charge in [-0.15, -0.1) is 0 Å². The fraction of sp³-hybridized carbons (Fsp3) is 0.182. The van der Waals surface area contributed by atoms with E-state index in [2.05, 4.69) is 0 Å². The normalized spacial score (nSPS) is 17.7. The molecular formula is C33H25N3O7. The van der Waals surface area contributed by atoms with Gasteiger partial charge in [-0.05, 0) is 62.2 Å². The largest absolute Gasteiger partial charge is 0.454 e. The summed E-state index contributed by atoms with van der Waals surface area (Å²) in [5, 5.41) is 11.4. The lowest BCUT2D eigenvalue weighted by Crippen LogP contribution is -2.30. The second kappa shape index (κ2) is 11.1. The van der Waals surface area contributed by atoms with Crippen LogP contribution in [0.5, 0.6) is 0 Å². The topological polar surface area (TPSA) is 137 Å². The number of anilines is 1. The molecule has 10 heteroatoms. The predicted molar refractivity (Wildman–Crippen MR) is 157 cm³/mol. The van der Waals surface area contributed by atoms with E-state index in [0.717, 1.165) is 5.56 Å². The maximum atomic E-state index is 13.3. The molecule has 43 heavy (non-hydrogen) atoms. The zero-order chi connectivity index (χ0) is 30.2. The Morgan fingerprint density at radius 2 is 1.58 bits per heavy atom. The number of rotatable bonds is 7. The number of nitrogens with zero attached hydrogens (tertiary/aromatic N) is 3. The number of hydrogen-bond acceptors (Lipinski definition) is 8. The SMILES string of the molecule is Cc1ccc2nc(-c3ccc(N4C(=O)[C@@H]5CC=CC[C@H]5C4=O)cc3)cc(C(=O)OCC(=O)c3ccc([N+](=O)[O-])cc3)c2c1. The van der Waals surface area contributed by atoms with Crippen LogP contribution in [0.25, 0.3) is 22.2 Å². The van der Waals surface area contributed by atoms with Crippen molar-refractivity contribution in [1.29, 1.82) is 0 Å². The van der Waals surface area contributed by atoms with E-state index in [9.17, 15) is 29.3 Å². The van der Waals surface area contributed by atoms with Crippen molar-refractivity contribution in [2.75, 3.05) is 11.5 Å². The molecule has 4 aromatic rings. The number of allylic oxidation sites excluding steroid dienone is 2. The van der Waals surface area contributed by atoms with Crippen LogP contribution in [0.3, 0.4) is 0 Å². The van der Waals surface area contributed by atoms with Crippen molar-refractivity contribution < 1.29 is 28.8 Å². The highest BCUT2D eigenvalue weighted by Crippen LogP contribution is 2.38. The highest BCUT2D eigenvalue weighted by atomic mass is 16.6. The lowest BCUT2D eigenvalue weighted by Gasteiger charge is -2.15. The van der Waals surface area contributed by atoms with Gasteiger partial charge in [0.05, 0.1) is 39.2 Å². The van der Waals surface area contributed by atoms with Crippen LogP contribution in [-0.2, 0) is 14.3 Å². The van der Waals surface area contributed by atoms with Gasteiger partial charge in [-0.3, -0.25) is 29.4 Å². The Morgan fingerprint density at radius 3 is 2.21 bits per heavy atom. The first kappa shape index (κ1) is 27.6. The van der Waals surface area contributed by atoms with E-state index in [1.165, 1.54) is 29.2 Å². The van der Waals surface area contributed by atoms with Gasteiger partial charge in [-0.1, -0.05) is 35.9 Å². The van der Waals surface area contributed by atoms with Crippen molar-refractivity contribution in [2.24, 2.45) is 11.8 Å². The fourth-order valence-corrected chi connectivity index (χ4v) is 5.55. The number of non-ortho nitro benzene ring substituents is 1. The summed E-state index contributed by atoms with van der Waals surface area (Å²) in [7, 11) is 0. The molecule has 1 aliphatic heterocycles. The zero-order valence-corrected chi connectivity index (χ0v) is 23.1. The van der Waals surface area contributed by atoms with Crippen molar-refractivity contribution in [2.45, 2.75) is 19.8 Å². The summed E-state index contributed by atoms with van der Waals surface area (Å²) >= 11 is 0. The molecule has 0 unspecified atom stereocenters. The predicted octanol–water partition coefficient (Wildman–Crippen LogP) is 5.61. The molecule has 1 aromatic heterocycles. The number of benzene rings is 3. The average Bonchev–Trinajstić information content (AvgIpc) is 3.28. The Bertz CT molecular complexity index is 1820. The van der Waals surface area contributed by atoms with Gasteiger partial charge >= 0.3 is 5.97 Å². The third-order valence-electron chi connectivity index (χ3n) is 7.85. The van der Waals surface area contributed by atoms with Gasteiger partial charge in [0.15, 0.2) is 12.4 Å². The monoisotopic (exact) mass is 575 g/mol. The number of Topliss-reactive ketones (excluding diaryl/α,β-unsaturated/α-hetero) is 1. The third kappa shape index (κ3) is 5.19. The fourth-order valence-electron chi connectivity index (χ4n) is 5.55. The van der Waals surface area contributed by atoms with Crippen molar-refractivity contribution in [3.63, 3.8) is 0 Å². The molecule has 2 aliphatic rings. The van der Waals surface area contributed by atoms with Crippen LogP contribution in [0, 0.1) is 28.9 Å². The Hall–Kier alpha value is -5.51. The Morgan fingerprint density at radius 1 is 0.930 bits per heavy atom. The van der Waals surface area contributed by atoms with Crippen molar-refractivity contribution >= 4 is 45.8 Å². The van der Waals surface area contributed by atoms with Gasteiger partial charge < -0.3 is 4.74 Å². The summed E-state index contributed by atoms with van der Waals surface area (Å²) in [4.78, 5) is 68.2. The smallest absolute Gasteiger partial charge is 0.339 e. The van der Waals surface area contributed by atoms with Crippen LogP contribution in [0.4, 0.5) is 11.4 Å². The number of imide groups is 1. The van der Waals surface area contributed by atoms with Gasteiger partial charge in [-0.25, -0.2) is 9.78 Å². The molecule has 2 heterocycles. The summed E-state index contributed by atoms with van der Waals surface area (Å²) in [5.41, 5.74) is 3.29. The van der Waals surface area contributed by atoms with E-state index in [1.807, 2.05) is 31.2 Å². The van der Waals surface area contributed by atoms with Gasteiger partial charge in [0.25, 0.3) is 5.69 Å². The molecule has 2 amide bonds. The van der Waals surface area contributed by atoms with Gasteiger partial charge in [-0.2, -0.15) is 0 Å². The first-order valence-corrected chi connectivity index (χ1v) is 13.7. The maximum absolute atomic E-state index is 13.3. The van der Waals surface area contributed by atoms with Crippen LogP contribution < -0.4 is 4.90 Å². The molecule has 3 aromatic carbocycles. The number of esters is 1. The molecule has 2 atom stereocenters. The average molecular weight is 576 g/mol. The molecule has 0 saturated carbocycles. The highest BCUT2D eigenvalue weighted by Gasteiger charge is 2.47. The second-order valence-electron chi connectivity index (χ2n) is 10.6. The van der Waals surface area contributed by atoms with E-state index < -0.39 is 23.3 Å². The van der Waals surface area contributed by atoms with Crippen molar-refractivity contribution in [1.82, 2.24) is 4.98 Å². The van der Waals surface area contributed by atoms with E-state index in [-0.39, 0.29) is 40.5 Å². The number of amides is 2. The Labute approximate surface area is 245 Å². The van der Waals surface area contributed by atoms with Crippen LogP contribution in [0.2, 0.25) is 0 Å². The highest BCUT2D eigenvalue weighted by molar-refractivity contribution is 6.22. The minimum atomic E-state index is -0.726. The number of ketones is 1. The maximum Gasteiger partial charge on any atom is 0.339 e. The standard InChI is InChI=1S/C33H25N3O7/c1-19-6-15-28-26(16-19)27(33(40)43-18-30(37)21-9-13-23(14-10-21)36(41)42)17-29(34-28)20-7-11-22(12-8-20)35-31(38)24-4-2-3-5-25(24)32(35)39/h2-3,6-17,24-25H,4-5,18H2,1H3/t24-,25-/m1/s1. The molecule has 6 rings (SSSR count). The lowest BCUT2D eigenvalue weighted by molar-refractivity contribution is -0.384. The zero-order valence-electron chi connectivity index (χ0n) is 23.1. The summed E-state index contributed by atoms with van der Waals surface area (Å²) in [6, 6.07) is 19.0. The van der Waals surface area contributed by atoms with E-state index in [0.29, 0.717) is 40.7 Å². The van der Waals surface area contributed by atoms with Gasteiger partial charge in [0.1, 0.15) is 0 Å². The number of nitro groups is 1. The number of nitro benzene ring substituents is 1. The van der Waals surface area contributed by atoms with Crippen LogP contribution in [-0.4, -0.2) is 40.1 Å².